The van der Waals surface area contributed by atoms with E-state index in [1.807, 2.05) is 20.8 Å². The summed E-state index contributed by atoms with van der Waals surface area (Å²) < 4.78 is 5.58. The summed E-state index contributed by atoms with van der Waals surface area (Å²) in [5.74, 6) is 1.19. The Kier molecular flexibility index (Phi) is 4.97. The van der Waals surface area contributed by atoms with Crippen molar-refractivity contribution in [3.8, 4) is 0 Å². The van der Waals surface area contributed by atoms with Crippen molar-refractivity contribution in [2.75, 3.05) is 0 Å². The van der Waals surface area contributed by atoms with Gasteiger partial charge in [-0.15, -0.1) is 10.2 Å². The van der Waals surface area contributed by atoms with Gasteiger partial charge in [0.2, 0.25) is 17.7 Å². The molecule has 0 bridgehead atoms. The van der Waals surface area contributed by atoms with E-state index in [1.165, 1.54) is 24.1 Å². The van der Waals surface area contributed by atoms with Gasteiger partial charge in [0.05, 0.1) is 5.69 Å². The van der Waals surface area contributed by atoms with Gasteiger partial charge in [-0.3, -0.25) is 9.89 Å². The summed E-state index contributed by atoms with van der Waals surface area (Å²) in [4.78, 5) is 12.2. The third-order valence-corrected chi connectivity index (χ3v) is 4.43. The Balaban J connectivity index is 1.52. The number of carbonyl (C=O) groups excluding carboxylic acids is 1. The monoisotopic (exact) mass is 331 g/mol. The van der Waals surface area contributed by atoms with Gasteiger partial charge in [0.15, 0.2) is 0 Å². The number of H-pyrrole nitrogens is 1. The standard InChI is InChI=1S/C17H25N5O2/c1-10(2)16-21-22-17(24-16)11(3)18-15(23)9-8-14-12-6-4-5-7-13(12)19-20-14/h10-11H,4-9H2,1-3H3,(H,18,23)(H,19,20)/t11-/m1/s1. The summed E-state index contributed by atoms with van der Waals surface area (Å²) in [6.45, 7) is 5.84. The average molecular weight is 331 g/mol. The first-order chi connectivity index (χ1) is 11.5. The number of carbonyl (C=O) groups is 1. The second-order valence-corrected chi connectivity index (χ2v) is 6.76. The van der Waals surface area contributed by atoms with Crippen molar-refractivity contribution in [1.82, 2.24) is 25.7 Å². The molecule has 0 aromatic carbocycles. The molecule has 130 valence electrons. The molecule has 1 aliphatic carbocycles. The van der Waals surface area contributed by atoms with Crippen LogP contribution in [0.25, 0.3) is 0 Å². The SMILES string of the molecule is CC(C)c1nnc([C@@H](C)NC(=O)CCc2n[nH]c3c2CCCC3)o1. The van der Waals surface area contributed by atoms with Gasteiger partial charge in [-0.1, -0.05) is 13.8 Å². The van der Waals surface area contributed by atoms with E-state index in [0.717, 1.165) is 18.5 Å². The van der Waals surface area contributed by atoms with Crippen molar-refractivity contribution in [3.63, 3.8) is 0 Å². The van der Waals surface area contributed by atoms with Crippen LogP contribution in [0, 0.1) is 0 Å². The van der Waals surface area contributed by atoms with Crippen LogP contribution in [0.2, 0.25) is 0 Å². The zero-order valence-electron chi connectivity index (χ0n) is 14.6. The largest absolute Gasteiger partial charge is 0.423 e. The van der Waals surface area contributed by atoms with E-state index in [-0.39, 0.29) is 17.9 Å². The Morgan fingerprint density at radius 3 is 2.71 bits per heavy atom. The summed E-state index contributed by atoms with van der Waals surface area (Å²) in [5.41, 5.74) is 3.60. The van der Waals surface area contributed by atoms with Crippen molar-refractivity contribution in [2.24, 2.45) is 0 Å². The van der Waals surface area contributed by atoms with Gasteiger partial charge in [0.1, 0.15) is 6.04 Å². The molecule has 1 amide bonds. The van der Waals surface area contributed by atoms with Crippen LogP contribution in [-0.4, -0.2) is 26.3 Å². The second-order valence-electron chi connectivity index (χ2n) is 6.76. The number of fused-ring (bicyclic) bond motifs is 1. The molecule has 2 N–H and O–H groups in total. The van der Waals surface area contributed by atoms with Gasteiger partial charge in [0.25, 0.3) is 0 Å². The molecule has 7 heteroatoms. The Morgan fingerprint density at radius 1 is 1.21 bits per heavy atom. The van der Waals surface area contributed by atoms with E-state index in [9.17, 15) is 4.79 Å². The summed E-state index contributed by atoms with van der Waals surface area (Å²) in [7, 11) is 0. The highest BCUT2D eigenvalue weighted by Crippen LogP contribution is 2.23. The van der Waals surface area contributed by atoms with Crippen LogP contribution in [0.4, 0.5) is 0 Å². The van der Waals surface area contributed by atoms with E-state index >= 15 is 0 Å². The van der Waals surface area contributed by atoms with Crippen LogP contribution in [0.3, 0.4) is 0 Å². The minimum absolute atomic E-state index is 0.0284. The summed E-state index contributed by atoms with van der Waals surface area (Å²) in [6.07, 6.45) is 5.63. The Hall–Kier alpha value is -2.18. The first-order valence-corrected chi connectivity index (χ1v) is 8.72. The molecule has 0 saturated heterocycles. The molecule has 0 unspecified atom stereocenters. The van der Waals surface area contributed by atoms with Crippen molar-refractivity contribution in [2.45, 2.75) is 71.3 Å². The van der Waals surface area contributed by atoms with Crippen LogP contribution in [0.1, 0.15) is 80.7 Å². The minimum Gasteiger partial charge on any atom is -0.423 e. The van der Waals surface area contributed by atoms with Crippen LogP contribution < -0.4 is 5.32 Å². The van der Waals surface area contributed by atoms with E-state index < -0.39 is 0 Å². The third-order valence-electron chi connectivity index (χ3n) is 4.43. The fourth-order valence-corrected chi connectivity index (χ4v) is 3.02. The lowest BCUT2D eigenvalue weighted by Gasteiger charge is -2.12. The predicted molar refractivity (Wildman–Crippen MR) is 88.5 cm³/mol. The number of hydrogen-bond donors (Lipinski definition) is 2. The molecule has 2 aromatic rings. The number of rotatable bonds is 6. The Labute approximate surface area is 141 Å². The number of amides is 1. The molecule has 0 radical (unpaired) electrons. The third kappa shape index (κ3) is 3.66. The molecule has 1 aliphatic rings. The summed E-state index contributed by atoms with van der Waals surface area (Å²) >= 11 is 0. The molecule has 1 atom stereocenters. The van der Waals surface area contributed by atoms with E-state index in [1.54, 1.807) is 0 Å². The molecular formula is C17H25N5O2. The highest BCUT2D eigenvalue weighted by Gasteiger charge is 2.20. The number of nitrogens with zero attached hydrogens (tertiary/aromatic N) is 3. The average Bonchev–Trinajstić information content (AvgIpc) is 3.20. The maximum Gasteiger partial charge on any atom is 0.238 e. The van der Waals surface area contributed by atoms with Gasteiger partial charge in [-0.2, -0.15) is 5.10 Å². The molecule has 3 rings (SSSR count). The number of aromatic nitrogens is 4. The smallest absolute Gasteiger partial charge is 0.238 e. The molecular weight excluding hydrogens is 306 g/mol. The molecule has 2 heterocycles. The fourth-order valence-electron chi connectivity index (χ4n) is 3.02. The number of aromatic amines is 1. The summed E-state index contributed by atoms with van der Waals surface area (Å²) in [5, 5.41) is 18.4. The van der Waals surface area contributed by atoms with Crippen LogP contribution in [0.5, 0.6) is 0 Å². The molecule has 0 saturated carbocycles. The molecule has 0 spiro atoms. The van der Waals surface area contributed by atoms with Gasteiger partial charge < -0.3 is 9.73 Å². The lowest BCUT2D eigenvalue weighted by Crippen LogP contribution is -2.27. The fraction of sp³-hybridized carbons (Fsp3) is 0.647. The highest BCUT2D eigenvalue weighted by molar-refractivity contribution is 5.76. The minimum atomic E-state index is -0.286. The Bertz CT molecular complexity index is 704. The zero-order valence-corrected chi connectivity index (χ0v) is 14.6. The van der Waals surface area contributed by atoms with Gasteiger partial charge in [0, 0.05) is 24.5 Å². The Morgan fingerprint density at radius 2 is 1.96 bits per heavy atom. The lowest BCUT2D eigenvalue weighted by molar-refractivity contribution is -0.121. The molecule has 24 heavy (non-hydrogen) atoms. The van der Waals surface area contributed by atoms with E-state index in [4.69, 9.17) is 4.42 Å². The van der Waals surface area contributed by atoms with Gasteiger partial charge in [-0.05, 0) is 38.2 Å². The van der Waals surface area contributed by atoms with E-state index in [0.29, 0.717) is 24.6 Å². The normalized spacial score (nSPS) is 15.3. The van der Waals surface area contributed by atoms with Gasteiger partial charge in [-0.25, -0.2) is 0 Å². The first-order valence-electron chi connectivity index (χ1n) is 8.72. The number of hydrogen-bond acceptors (Lipinski definition) is 5. The zero-order chi connectivity index (χ0) is 17.1. The number of aryl methyl sites for hydroxylation is 2. The molecule has 7 nitrogen and oxygen atoms in total. The lowest BCUT2D eigenvalue weighted by atomic mass is 9.94. The summed E-state index contributed by atoms with van der Waals surface area (Å²) in [6, 6.07) is -0.286. The quantitative estimate of drug-likeness (QED) is 0.848. The number of nitrogens with one attached hydrogen (secondary N) is 2. The second kappa shape index (κ2) is 7.15. The topological polar surface area (TPSA) is 96.7 Å². The first kappa shape index (κ1) is 16.7. The molecule has 0 fully saturated rings. The van der Waals surface area contributed by atoms with Crippen molar-refractivity contribution < 1.29 is 9.21 Å². The maximum absolute atomic E-state index is 12.2. The van der Waals surface area contributed by atoms with Crippen molar-refractivity contribution >= 4 is 5.91 Å². The van der Waals surface area contributed by atoms with Crippen LogP contribution >= 0.6 is 0 Å². The van der Waals surface area contributed by atoms with Crippen molar-refractivity contribution in [1.29, 1.82) is 0 Å². The molecule has 2 aromatic heterocycles. The van der Waals surface area contributed by atoms with Crippen LogP contribution in [0.15, 0.2) is 4.42 Å². The van der Waals surface area contributed by atoms with Gasteiger partial charge >= 0.3 is 0 Å². The predicted octanol–water partition coefficient (Wildman–Crippen LogP) is 2.60. The highest BCUT2D eigenvalue weighted by atomic mass is 16.4. The van der Waals surface area contributed by atoms with Crippen LogP contribution in [-0.2, 0) is 24.1 Å². The van der Waals surface area contributed by atoms with Crippen molar-refractivity contribution in [3.05, 3.63) is 28.7 Å². The molecule has 0 aliphatic heterocycles. The van der Waals surface area contributed by atoms with E-state index in [2.05, 4.69) is 25.7 Å². The maximum atomic E-state index is 12.2.